The monoisotopic (exact) mass is 536 g/mol. The Balaban J connectivity index is 1.52. The van der Waals surface area contributed by atoms with Crippen molar-refractivity contribution in [3.05, 3.63) is 77.2 Å². The average molecular weight is 537 g/mol. The topological polar surface area (TPSA) is 110 Å². The summed E-state index contributed by atoms with van der Waals surface area (Å²) in [6.45, 7) is 4.53. The lowest BCUT2D eigenvalue weighted by Gasteiger charge is -2.26. The molecule has 38 heavy (non-hydrogen) atoms. The Hall–Kier alpha value is -4.18. The minimum absolute atomic E-state index is 0.0312. The molecule has 9 nitrogen and oxygen atoms in total. The number of amides is 2. The molecule has 0 spiro atoms. The minimum Gasteiger partial charge on any atom is -0.350 e. The third kappa shape index (κ3) is 5.86. The maximum absolute atomic E-state index is 14.1. The zero-order valence-corrected chi connectivity index (χ0v) is 21.9. The van der Waals surface area contributed by atoms with E-state index < -0.39 is 11.7 Å². The average Bonchev–Trinajstić information content (AvgIpc) is 3.26. The van der Waals surface area contributed by atoms with Crippen LogP contribution in [0.15, 0.2) is 55.1 Å². The number of nitrogens with one attached hydrogen (secondary N) is 1. The number of hydrogen-bond acceptors (Lipinski definition) is 6. The van der Waals surface area contributed by atoms with Gasteiger partial charge < -0.3 is 10.2 Å². The first kappa shape index (κ1) is 26.9. The number of ketones is 1. The number of nitrogens with zero attached hydrogens (tertiary/aromatic N) is 5. The van der Waals surface area contributed by atoms with Crippen LogP contribution in [0.1, 0.15) is 36.8 Å². The van der Waals surface area contributed by atoms with Crippen LogP contribution < -0.4 is 5.32 Å². The Morgan fingerprint density at radius 3 is 2.53 bits per heavy atom. The van der Waals surface area contributed by atoms with Crippen molar-refractivity contribution in [2.24, 2.45) is 0 Å². The number of hydrogen-bond donors (Lipinski definition) is 1. The Morgan fingerprint density at radius 2 is 1.84 bits per heavy atom. The lowest BCUT2D eigenvalue weighted by Crippen LogP contribution is -2.45. The normalized spacial score (nSPS) is 11.1. The van der Waals surface area contributed by atoms with Crippen LogP contribution >= 0.6 is 11.6 Å². The van der Waals surface area contributed by atoms with Crippen molar-refractivity contribution in [3.8, 4) is 11.1 Å². The van der Waals surface area contributed by atoms with Crippen molar-refractivity contribution in [3.63, 3.8) is 0 Å². The van der Waals surface area contributed by atoms with Crippen molar-refractivity contribution in [2.45, 2.75) is 39.9 Å². The van der Waals surface area contributed by atoms with Gasteiger partial charge >= 0.3 is 0 Å². The van der Waals surface area contributed by atoms with Gasteiger partial charge in [-0.25, -0.2) is 14.4 Å². The van der Waals surface area contributed by atoms with Crippen molar-refractivity contribution < 1.29 is 18.8 Å². The molecule has 4 rings (SSSR count). The zero-order chi connectivity index (χ0) is 27.4. The summed E-state index contributed by atoms with van der Waals surface area (Å²) < 4.78 is 15.6. The number of benzene rings is 2. The highest BCUT2D eigenvalue weighted by Crippen LogP contribution is 2.26. The molecule has 0 unspecified atom stereocenters. The Kier molecular flexibility index (Phi) is 8.11. The number of halogens is 2. The first-order chi connectivity index (χ1) is 18.2. The maximum atomic E-state index is 14.1. The van der Waals surface area contributed by atoms with Gasteiger partial charge in [0.05, 0.1) is 17.1 Å². The van der Waals surface area contributed by atoms with E-state index in [-0.39, 0.29) is 53.6 Å². The highest BCUT2D eigenvalue weighted by Gasteiger charge is 2.23. The number of carbonyl (C=O) groups is 3. The molecule has 0 atom stereocenters. The molecule has 0 saturated carbocycles. The fourth-order valence-electron chi connectivity index (χ4n) is 4.05. The summed E-state index contributed by atoms with van der Waals surface area (Å²) in [5.74, 6) is -1.64. The SMILES string of the molecule is CC(=O)c1nn(CC(=O)N(CC(=O)NCc2cccc(Cl)c2F)C(C)C)c2ccc(-c3cncnc3)cc12. The van der Waals surface area contributed by atoms with Gasteiger partial charge in [0.1, 0.15) is 24.4 Å². The Bertz CT molecular complexity index is 1510. The van der Waals surface area contributed by atoms with Crippen LogP contribution in [-0.4, -0.2) is 54.8 Å². The van der Waals surface area contributed by atoms with Crippen LogP contribution in [0.2, 0.25) is 5.02 Å². The largest absolute Gasteiger partial charge is 0.350 e. The maximum Gasteiger partial charge on any atom is 0.245 e. The van der Waals surface area contributed by atoms with Crippen LogP contribution in [0.25, 0.3) is 22.0 Å². The second-order valence-electron chi connectivity index (χ2n) is 9.03. The van der Waals surface area contributed by atoms with Crippen LogP contribution in [0.4, 0.5) is 4.39 Å². The predicted octanol–water partition coefficient (Wildman–Crippen LogP) is 4.04. The number of carbonyl (C=O) groups excluding carboxylic acids is 3. The van der Waals surface area contributed by atoms with E-state index in [0.717, 1.165) is 11.1 Å². The van der Waals surface area contributed by atoms with Crippen LogP contribution in [0.5, 0.6) is 0 Å². The van der Waals surface area contributed by atoms with Crippen LogP contribution in [0.3, 0.4) is 0 Å². The van der Waals surface area contributed by atoms with Gasteiger partial charge in [-0.3, -0.25) is 19.1 Å². The molecule has 0 aliphatic heterocycles. The summed E-state index contributed by atoms with van der Waals surface area (Å²) in [5.41, 5.74) is 2.68. The van der Waals surface area contributed by atoms with Crippen molar-refractivity contribution in [1.29, 1.82) is 0 Å². The molecule has 0 saturated heterocycles. The first-order valence-electron chi connectivity index (χ1n) is 11.9. The first-order valence-corrected chi connectivity index (χ1v) is 12.3. The summed E-state index contributed by atoms with van der Waals surface area (Å²) in [4.78, 5) is 47.7. The molecule has 4 aromatic rings. The second kappa shape index (κ2) is 11.5. The molecule has 2 amide bonds. The van der Waals surface area contributed by atoms with Gasteiger partial charge in [-0.2, -0.15) is 5.10 Å². The van der Waals surface area contributed by atoms with E-state index in [4.69, 9.17) is 11.6 Å². The summed E-state index contributed by atoms with van der Waals surface area (Å²) in [6.07, 6.45) is 4.77. The highest BCUT2D eigenvalue weighted by molar-refractivity contribution is 6.30. The number of aromatic nitrogens is 4. The summed E-state index contributed by atoms with van der Waals surface area (Å²) in [6, 6.07) is 9.70. The Morgan fingerprint density at radius 1 is 1.11 bits per heavy atom. The molecule has 196 valence electrons. The summed E-state index contributed by atoms with van der Waals surface area (Å²) in [7, 11) is 0. The molecule has 0 bridgehead atoms. The number of Topliss-reactive ketones (excluding diaryl/α,β-unsaturated/α-hetero) is 1. The molecule has 2 aromatic carbocycles. The standard InChI is InChI=1S/C27H26ClFN6O3/c1-16(2)34(13-24(37)32-12-19-5-4-6-22(28)26(19)29)25(38)14-35-23-8-7-18(20-10-30-15-31-11-20)9-21(23)27(33-35)17(3)36/h4-11,15-16H,12-14H2,1-3H3,(H,32,37). The van der Waals surface area contributed by atoms with Crippen molar-refractivity contribution in [1.82, 2.24) is 30.0 Å². The Labute approximate surface area is 223 Å². The summed E-state index contributed by atoms with van der Waals surface area (Å²) in [5, 5.41) is 7.61. The molecule has 1 N–H and O–H groups in total. The third-order valence-corrected chi connectivity index (χ3v) is 6.32. The third-order valence-electron chi connectivity index (χ3n) is 6.03. The van der Waals surface area contributed by atoms with E-state index in [9.17, 15) is 18.8 Å². The van der Waals surface area contributed by atoms with E-state index in [0.29, 0.717) is 10.9 Å². The molecular weight excluding hydrogens is 511 g/mol. The van der Waals surface area contributed by atoms with E-state index in [1.807, 2.05) is 12.1 Å². The zero-order valence-electron chi connectivity index (χ0n) is 21.1. The van der Waals surface area contributed by atoms with Crippen molar-refractivity contribution in [2.75, 3.05) is 6.54 Å². The van der Waals surface area contributed by atoms with E-state index in [1.165, 1.54) is 35.0 Å². The fourth-order valence-corrected chi connectivity index (χ4v) is 4.25. The van der Waals surface area contributed by atoms with Crippen LogP contribution in [0, 0.1) is 5.82 Å². The molecule has 2 aromatic heterocycles. The van der Waals surface area contributed by atoms with Crippen LogP contribution in [-0.2, 0) is 22.7 Å². The van der Waals surface area contributed by atoms with Gasteiger partial charge in [-0.15, -0.1) is 0 Å². The van der Waals surface area contributed by atoms with Gasteiger partial charge in [0.15, 0.2) is 5.78 Å². The molecule has 0 fully saturated rings. The second-order valence-corrected chi connectivity index (χ2v) is 9.43. The predicted molar refractivity (Wildman–Crippen MR) is 141 cm³/mol. The van der Waals surface area contributed by atoms with Crippen molar-refractivity contribution >= 4 is 40.1 Å². The molecule has 2 heterocycles. The van der Waals surface area contributed by atoms with Gasteiger partial charge in [0.25, 0.3) is 0 Å². The quantitative estimate of drug-likeness (QED) is 0.323. The van der Waals surface area contributed by atoms with Gasteiger partial charge in [-0.05, 0) is 37.6 Å². The van der Waals surface area contributed by atoms with E-state index in [2.05, 4.69) is 20.4 Å². The summed E-state index contributed by atoms with van der Waals surface area (Å²) >= 11 is 5.80. The lowest BCUT2D eigenvalue weighted by atomic mass is 10.0. The molecular formula is C27H26ClFN6O3. The van der Waals surface area contributed by atoms with Gasteiger partial charge in [0.2, 0.25) is 11.8 Å². The van der Waals surface area contributed by atoms with Gasteiger partial charge in [-0.1, -0.05) is 29.8 Å². The van der Waals surface area contributed by atoms with Gasteiger partial charge in [0, 0.05) is 48.4 Å². The lowest BCUT2D eigenvalue weighted by molar-refractivity contribution is -0.138. The molecule has 0 radical (unpaired) electrons. The minimum atomic E-state index is -0.596. The number of fused-ring (bicyclic) bond motifs is 1. The van der Waals surface area contributed by atoms with E-state index >= 15 is 0 Å². The molecule has 11 heteroatoms. The molecule has 0 aliphatic rings. The highest BCUT2D eigenvalue weighted by atomic mass is 35.5. The number of rotatable bonds is 9. The smallest absolute Gasteiger partial charge is 0.245 e. The molecule has 0 aliphatic carbocycles. The fraction of sp³-hybridized carbons (Fsp3) is 0.259. The van der Waals surface area contributed by atoms with E-state index in [1.54, 1.807) is 38.4 Å².